The van der Waals surface area contributed by atoms with E-state index < -0.39 is 0 Å². The zero-order valence-electron chi connectivity index (χ0n) is 12.2. The van der Waals surface area contributed by atoms with Crippen LogP contribution in [-0.2, 0) is 6.54 Å². The van der Waals surface area contributed by atoms with Gasteiger partial charge in [-0.3, -0.25) is 0 Å². The van der Waals surface area contributed by atoms with E-state index in [-0.39, 0.29) is 5.84 Å². The summed E-state index contributed by atoms with van der Waals surface area (Å²) in [5.74, 6) is 0.972. The standard InChI is InChI=1S/C16H25N3O/c1-12(14-5-3-2-4-6-14)18-11-13-7-9-15(10-8-13)16(17)19-20/h7-10,12,14,18,20H,2-6,11H2,1H3,(H2,17,19)/t12-/m1/s1. The Morgan fingerprint density at radius 2 is 1.95 bits per heavy atom. The van der Waals surface area contributed by atoms with E-state index >= 15 is 0 Å². The molecule has 0 aliphatic heterocycles. The second-order valence-corrected chi connectivity index (χ2v) is 5.75. The first-order valence-corrected chi connectivity index (χ1v) is 7.51. The van der Waals surface area contributed by atoms with Crippen molar-refractivity contribution in [1.29, 1.82) is 0 Å². The number of amidine groups is 1. The van der Waals surface area contributed by atoms with Gasteiger partial charge in [0.25, 0.3) is 0 Å². The maximum atomic E-state index is 8.63. The van der Waals surface area contributed by atoms with Crippen LogP contribution in [0.25, 0.3) is 0 Å². The summed E-state index contributed by atoms with van der Waals surface area (Å²) in [6, 6.07) is 8.38. The molecule has 0 unspecified atom stereocenters. The number of nitrogens with one attached hydrogen (secondary N) is 1. The van der Waals surface area contributed by atoms with Gasteiger partial charge in [0.15, 0.2) is 5.84 Å². The van der Waals surface area contributed by atoms with Crippen molar-refractivity contribution in [2.75, 3.05) is 0 Å². The van der Waals surface area contributed by atoms with Gasteiger partial charge in [-0.2, -0.15) is 0 Å². The minimum absolute atomic E-state index is 0.153. The van der Waals surface area contributed by atoms with E-state index in [0.29, 0.717) is 6.04 Å². The Bertz CT molecular complexity index is 436. The summed E-state index contributed by atoms with van der Waals surface area (Å²) in [6.45, 7) is 3.16. The Morgan fingerprint density at radius 1 is 1.30 bits per heavy atom. The van der Waals surface area contributed by atoms with Crippen molar-refractivity contribution in [3.63, 3.8) is 0 Å². The van der Waals surface area contributed by atoms with E-state index in [2.05, 4.69) is 17.4 Å². The van der Waals surface area contributed by atoms with Crippen molar-refractivity contribution in [1.82, 2.24) is 5.32 Å². The highest BCUT2D eigenvalue weighted by molar-refractivity contribution is 5.96. The number of rotatable bonds is 5. The maximum Gasteiger partial charge on any atom is 0.170 e. The summed E-state index contributed by atoms with van der Waals surface area (Å²) in [4.78, 5) is 0. The van der Waals surface area contributed by atoms with Crippen LogP contribution in [0.15, 0.2) is 29.4 Å². The lowest BCUT2D eigenvalue weighted by Crippen LogP contribution is -2.34. The molecule has 0 aromatic heterocycles. The first kappa shape index (κ1) is 14.9. The molecule has 1 atom stereocenters. The number of oxime groups is 1. The molecule has 0 spiro atoms. The summed E-state index contributed by atoms with van der Waals surface area (Å²) < 4.78 is 0. The van der Waals surface area contributed by atoms with Crippen LogP contribution in [0.5, 0.6) is 0 Å². The highest BCUT2D eigenvalue weighted by atomic mass is 16.4. The molecule has 1 aromatic rings. The van der Waals surface area contributed by atoms with Gasteiger partial charge in [0.2, 0.25) is 0 Å². The summed E-state index contributed by atoms with van der Waals surface area (Å²) in [6.07, 6.45) is 6.88. The monoisotopic (exact) mass is 275 g/mol. The van der Waals surface area contributed by atoms with Crippen LogP contribution in [0, 0.1) is 5.92 Å². The third kappa shape index (κ3) is 3.97. The molecule has 2 rings (SSSR count). The molecule has 0 amide bonds. The molecule has 0 saturated heterocycles. The molecule has 1 aromatic carbocycles. The average molecular weight is 275 g/mol. The zero-order chi connectivity index (χ0) is 14.4. The van der Waals surface area contributed by atoms with Crippen LogP contribution in [0.3, 0.4) is 0 Å². The first-order chi connectivity index (χ1) is 9.70. The summed E-state index contributed by atoms with van der Waals surface area (Å²) in [5.41, 5.74) is 7.52. The molecule has 4 nitrogen and oxygen atoms in total. The largest absolute Gasteiger partial charge is 0.409 e. The Labute approximate surface area is 121 Å². The van der Waals surface area contributed by atoms with Crippen molar-refractivity contribution < 1.29 is 5.21 Å². The predicted octanol–water partition coefficient (Wildman–Crippen LogP) is 2.84. The van der Waals surface area contributed by atoms with Crippen molar-refractivity contribution in [2.24, 2.45) is 16.8 Å². The molecular formula is C16H25N3O. The van der Waals surface area contributed by atoms with E-state index in [4.69, 9.17) is 10.9 Å². The molecule has 1 saturated carbocycles. The summed E-state index contributed by atoms with van der Waals surface area (Å²) in [7, 11) is 0. The molecule has 110 valence electrons. The molecule has 20 heavy (non-hydrogen) atoms. The van der Waals surface area contributed by atoms with Crippen LogP contribution >= 0.6 is 0 Å². The van der Waals surface area contributed by atoms with Gasteiger partial charge < -0.3 is 16.3 Å². The minimum Gasteiger partial charge on any atom is -0.409 e. The van der Waals surface area contributed by atoms with Crippen molar-refractivity contribution >= 4 is 5.84 Å². The molecule has 0 bridgehead atoms. The van der Waals surface area contributed by atoms with E-state index in [9.17, 15) is 0 Å². The van der Waals surface area contributed by atoms with Gasteiger partial charge >= 0.3 is 0 Å². The van der Waals surface area contributed by atoms with Gasteiger partial charge in [0.05, 0.1) is 0 Å². The first-order valence-electron chi connectivity index (χ1n) is 7.51. The number of hydrogen-bond donors (Lipinski definition) is 3. The molecule has 0 radical (unpaired) electrons. The fourth-order valence-electron chi connectivity index (χ4n) is 2.93. The molecule has 4 N–H and O–H groups in total. The molecule has 0 heterocycles. The van der Waals surface area contributed by atoms with Gasteiger partial charge in [0.1, 0.15) is 0 Å². The third-order valence-corrected chi connectivity index (χ3v) is 4.34. The molecule has 1 aliphatic rings. The second-order valence-electron chi connectivity index (χ2n) is 5.75. The SMILES string of the molecule is C[C@@H](NCc1ccc(/C(N)=N/O)cc1)C1CCCCC1. The molecule has 1 fully saturated rings. The van der Waals surface area contributed by atoms with Crippen LogP contribution in [-0.4, -0.2) is 17.1 Å². The predicted molar refractivity (Wildman–Crippen MR) is 81.8 cm³/mol. The molecular weight excluding hydrogens is 250 g/mol. The van der Waals surface area contributed by atoms with Crippen molar-refractivity contribution in [3.8, 4) is 0 Å². The van der Waals surface area contributed by atoms with Crippen LogP contribution < -0.4 is 11.1 Å². The van der Waals surface area contributed by atoms with Gasteiger partial charge in [0, 0.05) is 18.2 Å². The van der Waals surface area contributed by atoms with Crippen LogP contribution in [0.2, 0.25) is 0 Å². The van der Waals surface area contributed by atoms with Crippen LogP contribution in [0.4, 0.5) is 0 Å². The smallest absolute Gasteiger partial charge is 0.170 e. The Kier molecular flexibility index (Phi) is 5.41. The van der Waals surface area contributed by atoms with Crippen molar-refractivity contribution in [2.45, 2.75) is 51.6 Å². The lowest BCUT2D eigenvalue weighted by molar-refractivity contribution is 0.280. The van der Waals surface area contributed by atoms with E-state index in [1.807, 2.05) is 24.3 Å². The minimum atomic E-state index is 0.153. The third-order valence-electron chi connectivity index (χ3n) is 4.34. The number of benzene rings is 1. The fraction of sp³-hybridized carbons (Fsp3) is 0.562. The number of nitrogens with two attached hydrogens (primary N) is 1. The quantitative estimate of drug-likeness (QED) is 0.335. The zero-order valence-corrected chi connectivity index (χ0v) is 12.2. The van der Waals surface area contributed by atoms with Gasteiger partial charge in [-0.15, -0.1) is 0 Å². The van der Waals surface area contributed by atoms with Crippen LogP contribution in [0.1, 0.15) is 50.2 Å². The Hall–Kier alpha value is -1.55. The lowest BCUT2D eigenvalue weighted by Gasteiger charge is -2.28. The fourth-order valence-corrected chi connectivity index (χ4v) is 2.93. The Balaban J connectivity index is 1.84. The molecule has 1 aliphatic carbocycles. The Morgan fingerprint density at radius 3 is 2.55 bits per heavy atom. The average Bonchev–Trinajstić information content (AvgIpc) is 2.53. The number of nitrogens with zero attached hydrogens (tertiary/aromatic N) is 1. The second kappa shape index (κ2) is 7.29. The maximum absolute atomic E-state index is 8.63. The summed E-state index contributed by atoms with van der Waals surface area (Å²) >= 11 is 0. The topological polar surface area (TPSA) is 70.6 Å². The highest BCUT2D eigenvalue weighted by Crippen LogP contribution is 2.26. The van der Waals surface area contributed by atoms with Gasteiger partial charge in [-0.25, -0.2) is 0 Å². The van der Waals surface area contributed by atoms with E-state index in [0.717, 1.165) is 18.0 Å². The highest BCUT2D eigenvalue weighted by Gasteiger charge is 2.19. The van der Waals surface area contributed by atoms with Crippen molar-refractivity contribution in [3.05, 3.63) is 35.4 Å². The van der Waals surface area contributed by atoms with E-state index in [1.165, 1.54) is 37.7 Å². The molecule has 4 heteroatoms. The van der Waals surface area contributed by atoms with Gasteiger partial charge in [-0.1, -0.05) is 48.7 Å². The summed E-state index contributed by atoms with van der Waals surface area (Å²) in [5, 5.41) is 15.3. The van der Waals surface area contributed by atoms with Gasteiger partial charge in [-0.05, 0) is 31.2 Å². The number of hydrogen-bond acceptors (Lipinski definition) is 3. The lowest BCUT2D eigenvalue weighted by atomic mass is 9.84. The van der Waals surface area contributed by atoms with E-state index in [1.54, 1.807) is 0 Å². The normalized spacial score (nSPS) is 18.9.